The zero-order chi connectivity index (χ0) is 16.0. The zero-order valence-corrected chi connectivity index (χ0v) is 12.8. The third kappa shape index (κ3) is 2.25. The van der Waals surface area contributed by atoms with Gasteiger partial charge in [-0.2, -0.15) is 0 Å². The van der Waals surface area contributed by atoms with E-state index in [4.69, 9.17) is 4.42 Å². The van der Waals surface area contributed by atoms with Crippen molar-refractivity contribution >= 4 is 22.7 Å². The number of carbonyl (C=O) groups is 1. The number of nitrogens with zero attached hydrogens (tertiary/aromatic N) is 2. The van der Waals surface area contributed by atoms with Gasteiger partial charge < -0.3 is 9.32 Å². The Balaban J connectivity index is 1.62. The van der Waals surface area contributed by atoms with Gasteiger partial charge in [0.05, 0.1) is 11.9 Å². The van der Waals surface area contributed by atoms with Crippen LogP contribution >= 0.6 is 0 Å². The molecule has 0 bridgehead atoms. The van der Waals surface area contributed by atoms with Gasteiger partial charge in [-0.15, -0.1) is 0 Å². The van der Waals surface area contributed by atoms with Crippen molar-refractivity contribution in [1.82, 2.24) is 4.57 Å². The van der Waals surface area contributed by atoms with Crippen molar-refractivity contribution in [3.8, 4) is 0 Å². The maximum Gasteiger partial charge on any atom is 0.419 e. The molecule has 2 aromatic carbocycles. The Hall–Kier alpha value is -2.82. The number of aromatic nitrogens is 1. The zero-order valence-electron chi connectivity index (χ0n) is 12.8. The van der Waals surface area contributed by atoms with Gasteiger partial charge in [-0.25, -0.2) is 4.79 Å². The summed E-state index contributed by atoms with van der Waals surface area (Å²) in [5.74, 6) is -0.320. The first-order chi connectivity index (χ1) is 11.1. The molecule has 0 N–H and O–H groups in total. The molecule has 0 atom stereocenters. The van der Waals surface area contributed by atoms with Crippen molar-refractivity contribution in [3.05, 3.63) is 64.1 Å². The summed E-state index contributed by atoms with van der Waals surface area (Å²) in [6.45, 7) is 0.727. The van der Waals surface area contributed by atoms with Gasteiger partial charge >= 0.3 is 5.76 Å². The van der Waals surface area contributed by atoms with E-state index in [0.29, 0.717) is 17.5 Å². The minimum Gasteiger partial charge on any atom is -0.408 e. The third-order valence-corrected chi connectivity index (χ3v) is 4.40. The van der Waals surface area contributed by atoms with E-state index in [9.17, 15) is 9.59 Å². The minimum atomic E-state index is -0.392. The highest BCUT2D eigenvalue weighted by atomic mass is 16.4. The van der Waals surface area contributed by atoms with Crippen LogP contribution in [0.3, 0.4) is 0 Å². The topological polar surface area (TPSA) is 55.5 Å². The first kappa shape index (κ1) is 13.8. The molecule has 1 aliphatic rings. The average molecular weight is 308 g/mol. The molecule has 0 unspecified atom stereocenters. The van der Waals surface area contributed by atoms with E-state index < -0.39 is 5.76 Å². The van der Waals surface area contributed by atoms with E-state index in [1.54, 1.807) is 13.1 Å². The van der Waals surface area contributed by atoms with E-state index in [0.717, 1.165) is 24.2 Å². The van der Waals surface area contributed by atoms with Gasteiger partial charge in [-0.1, -0.05) is 24.3 Å². The van der Waals surface area contributed by atoms with Crippen LogP contribution in [-0.2, 0) is 24.7 Å². The second-order valence-corrected chi connectivity index (χ2v) is 5.83. The van der Waals surface area contributed by atoms with E-state index in [-0.39, 0.29) is 5.91 Å². The SMILES string of the molecule is Cn1c(=O)oc2ccc(CC(=O)N3CCc4ccccc43)cc21. The number of aryl methyl sites for hydroxylation is 1. The first-order valence-corrected chi connectivity index (χ1v) is 7.60. The Kier molecular flexibility index (Phi) is 3.08. The predicted molar refractivity (Wildman–Crippen MR) is 87.7 cm³/mol. The fraction of sp³-hybridized carbons (Fsp3) is 0.222. The number of benzene rings is 2. The highest BCUT2D eigenvalue weighted by Crippen LogP contribution is 2.28. The van der Waals surface area contributed by atoms with Crippen molar-refractivity contribution in [2.45, 2.75) is 12.8 Å². The highest BCUT2D eigenvalue weighted by Gasteiger charge is 2.24. The Morgan fingerprint density at radius 3 is 2.91 bits per heavy atom. The number of rotatable bonds is 2. The van der Waals surface area contributed by atoms with E-state index >= 15 is 0 Å². The highest BCUT2D eigenvalue weighted by molar-refractivity contribution is 5.97. The van der Waals surface area contributed by atoms with Gasteiger partial charge in [-0.05, 0) is 35.7 Å². The van der Waals surface area contributed by atoms with Crippen LogP contribution in [0.5, 0.6) is 0 Å². The molecule has 1 aromatic heterocycles. The maximum atomic E-state index is 12.6. The summed E-state index contributed by atoms with van der Waals surface area (Å²) in [5.41, 5.74) is 4.36. The van der Waals surface area contributed by atoms with Crippen molar-refractivity contribution < 1.29 is 9.21 Å². The molecule has 0 saturated carbocycles. The Morgan fingerprint density at radius 2 is 2.04 bits per heavy atom. The van der Waals surface area contributed by atoms with Crippen LogP contribution in [0.4, 0.5) is 5.69 Å². The molecule has 5 heteroatoms. The van der Waals surface area contributed by atoms with Gasteiger partial charge in [0.15, 0.2) is 5.58 Å². The number of anilines is 1. The van der Waals surface area contributed by atoms with Crippen LogP contribution in [0.25, 0.3) is 11.1 Å². The minimum absolute atomic E-state index is 0.0720. The molecule has 5 nitrogen and oxygen atoms in total. The predicted octanol–water partition coefficient (Wildman–Crippen LogP) is 2.26. The fourth-order valence-corrected chi connectivity index (χ4v) is 3.15. The van der Waals surface area contributed by atoms with Crippen LogP contribution in [0.1, 0.15) is 11.1 Å². The summed E-state index contributed by atoms with van der Waals surface area (Å²) in [4.78, 5) is 26.0. The number of oxazole rings is 1. The van der Waals surface area contributed by atoms with Crippen LogP contribution < -0.4 is 10.7 Å². The van der Waals surface area contributed by atoms with Gasteiger partial charge in [0.25, 0.3) is 0 Å². The molecule has 2 heterocycles. The van der Waals surface area contributed by atoms with E-state index in [1.165, 1.54) is 10.1 Å². The Bertz CT molecular complexity index is 968. The van der Waals surface area contributed by atoms with Crippen LogP contribution in [-0.4, -0.2) is 17.0 Å². The van der Waals surface area contributed by atoms with Gasteiger partial charge in [-0.3, -0.25) is 9.36 Å². The lowest BCUT2D eigenvalue weighted by Gasteiger charge is -2.17. The third-order valence-electron chi connectivity index (χ3n) is 4.40. The number of carbonyl (C=O) groups excluding carboxylic acids is 1. The van der Waals surface area contributed by atoms with Crippen LogP contribution in [0, 0.1) is 0 Å². The number of para-hydroxylation sites is 1. The number of hydrogen-bond donors (Lipinski definition) is 0. The molecular weight excluding hydrogens is 292 g/mol. The summed E-state index contributed by atoms with van der Waals surface area (Å²) in [6, 6.07) is 13.4. The summed E-state index contributed by atoms with van der Waals surface area (Å²) >= 11 is 0. The molecule has 3 aromatic rings. The van der Waals surface area contributed by atoms with Crippen LogP contribution in [0.15, 0.2) is 51.7 Å². The molecule has 0 aliphatic carbocycles. The number of fused-ring (bicyclic) bond motifs is 2. The quantitative estimate of drug-likeness (QED) is 0.730. The lowest BCUT2D eigenvalue weighted by Crippen LogP contribution is -2.30. The van der Waals surface area contributed by atoms with Crippen LogP contribution in [0.2, 0.25) is 0 Å². The van der Waals surface area contributed by atoms with E-state index in [1.807, 2.05) is 35.2 Å². The fourth-order valence-electron chi connectivity index (χ4n) is 3.15. The molecule has 0 radical (unpaired) electrons. The maximum absolute atomic E-state index is 12.6. The van der Waals surface area contributed by atoms with Crippen molar-refractivity contribution in [2.75, 3.05) is 11.4 Å². The summed E-state index contributed by atoms with van der Waals surface area (Å²) in [7, 11) is 1.66. The largest absolute Gasteiger partial charge is 0.419 e. The lowest BCUT2D eigenvalue weighted by molar-refractivity contribution is -0.117. The second-order valence-electron chi connectivity index (χ2n) is 5.83. The average Bonchev–Trinajstić information content (AvgIpc) is 3.10. The number of amides is 1. The van der Waals surface area contributed by atoms with Crippen molar-refractivity contribution in [2.24, 2.45) is 7.05 Å². The molecule has 4 rings (SSSR count). The van der Waals surface area contributed by atoms with Crippen molar-refractivity contribution in [1.29, 1.82) is 0 Å². The Labute approximate surface area is 132 Å². The molecular formula is C18H16N2O3. The molecule has 1 aliphatic heterocycles. The standard InChI is InChI=1S/C18H16N2O3/c1-19-15-10-12(6-7-16(15)23-18(19)22)11-17(21)20-9-8-13-4-2-3-5-14(13)20/h2-7,10H,8-9,11H2,1H3. The summed E-state index contributed by atoms with van der Waals surface area (Å²) < 4.78 is 6.57. The van der Waals surface area contributed by atoms with E-state index in [2.05, 4.69) is 6.07 Å². The van der Waals surface area contributed by atoms with Gasteiger partial charge in [0.2, 0.25) is 5.91 Å². The first-order valence-electron chi connectivity index (χ1n) is 7.60. The Morgan fingerprint density at radius 1 is 1.22 bits per heavy atom. The lowest BCUT2D eigenvalue weighted by atomic mass is 10.1. The van der Waals surface area contributed by atoms with Gasteiger partial charge in [0.1, 0.15) is 0 Å². The smallest absolute Gasteiger partial charge is 0.408 e. The molecule has 1 amide bonds. The second kappa shape index (κ2) is 5.12. The molecule has 23 heavy (non-hydrogen) atoms. The summed E-state index contributed by atoms with van der Waals surface area (Å²) in [6.07, 6.45) is 1.21. The molecule has 0 spiro atoms. The number of hydrogen-bond acceptors (Lipinski definition) is 3. The molecule has 0 fully saturated rings. The molecule has 0 saturated heterocycles. The monoisotopic (exact) mass is 308 g/mol. The molecule has 116 valence electrons. The van der Waals surface area contributed by atoms with Gasteiger partial charge in [0, 0.05) is 19.3 Å². The summed E-state index contributed by atoms with van der Waals surface area (Å²) in [5, 5.41) is 0. The normalized spacial score (nSPS) is 13.5. The van der Waals surface area contributed by atoms with Crippen molar-refractivity contribution in [3.63, 3.8) is 0 Å².